The van der Waals surface area contributed by atoms with Crippen LogP contribution in [0.15, 0.2) is 55.2 Å². The summed E-state index contributed by atoms with van der Waals surface area (Å²) in [5, 5.41) is 3.37. The van der Waals surface area contributed by atoms with E-state index < -0.39 is 8.07 Å². The van der Waals surface area contributed by atoms with E-state index in [0.29, 0.717) is 17.9 Å². The van der Waals surface area contributed by atoms with Gasteiger partial charge >= 0.3 is 0 Å². The van der Waals surface area contributed by atoms with E-state index in [1.807, 2.05) is 59.8 Å². The van der Waals surface area contributed by atoms with Crippen molar-refractivity contribution in [3.63, 3.8) is 0 Å². The summed E-state index contributed by atoms with van der Waals surface area (Å²) in [7, 11) is 0.331. The average molecular weight is 563 g/mol. The molecule has 8 nitrogen and oxygen atoms in total. The summed E-state index contributed by atoms with van der Waals surface area (Å²) < 4.78 is 8.14. The highest BCUT2D eigenvalue weighted by Gasteiger charge is 2.24. The number of nitrogens with zero attached hydrogens (tertiary/aromatic N) is 5. The first-order valence-corrected chi connectivity index (χ1v) is 17.3. The fourth-order valence-electron chi connectivity index (χ4n) is 4.60. The third kappa shape index (κ3) is 6.94. The summed E-state index contributed by atoms with van der Waals surface area (Å²) in [4.78, 5) is 27.7. The molecule has 1 saturated heterocycles. The van der Waals surface area contributed by atoms with Crippen LogP contribution in [-0.4, -0.2) is 51.0 Å². The van der Waals surface area contributed by atoms with E-state index in [0.717, 1.165) is 53.0 Å². The number of imidazole rings is 1. The third-order valence-corrected chi connectivity index (χ3v) is 7.63. The Morgan fingerprint density at radius 3 is 2.78 bits per heavy atom. The van der Waals surface area contributed by atoms with Gasteiger partial charge in [-0.15, -0.1) is 5.54 Å². The first-order chi connectivity index (χ1) is 19.7. The topological polar surface area (TPSA) is 85.2 Å². The third-order valence-electron chi connectivity index (χ3n) is 6.76. The molecule has 2 aromatic heterocycles. The summed E-state index contributed by atoms with van der Waals surface area (Å²) >= 11 is 0. The van der Waals surface area contributed by atoms with Crippen LogP contribution in [0.5, 0.6) is 11.5 Å². The molecule has 1 atom stereocenters. The fourth-order valence-corrected chi connectivity index (χ4v) is 5.09. The highest BCUT2D eigenvalue weighted by atomic mass is 28.3. The zero-order valence-electron chi connectivity index (χ0n) is 24.2. The van der Waals surface area contributed by atoms with Crippen LogP contribution in [0.25, 0.3) is 11.0 Å². The molecule has 1 amide bonds. The molecule has 0 aliphatic carbocycles. The molecule has 1 unspecified atom stereocenters. The molecule has 1 fully saturated rings. The van der Waals surface area contributed by atoms with Gasteiger partial charge in [0.2, 0.25) is 0 Å². The second-order valence-corrected chi connectivity index (χ2v) is 16.0. The van der Waals surface area contributed by atoms with Crippen molar-refractivity contribution in [3.8, 4) is 34.8 Å². The number of hydrogen-bond acceptors (Lipinski definition) is 6. The maximum Gasteiger partial charge on any atom is 0.298 e. The molecule has 0 bridgehead atoms. The largest absolute Gasteiger partial charge is 0.457 e. The van der Waals surface area contributed by atoms with Crippen LogP contribution < -0.4 is 10.1 Å². The molecule has 41 heavy (non-hydrogen) atoms. The van der Waals surface area contributed by atoms with E-state index in [4.69, 9.17) is 4.74 Å². The Morgan fingerprint density at radius 2 is 1.98 bits per heavy atom. The summed E-state index contributed by atoms with van der Waals surface area (Å²) in [5.41, 5.74) is 7.61. The van der Waals surface area contributed by atoms with E-state index in [-0.39, 0.29) is 11.9 Å². The maximum atomic E-state index is 12.9. The second-order valence-electron chi connectivity index (χ2n) is 11.3. The number of nitrogens with one attached hydrogen (secondary N) is 1. The number of benzene rings is 2. The molecule has 5 rings (SSSR count). The van der Waals surface area contributed by atoms with Crippen LogP contribution >= 0.6 is 0 Å². The first-order valence-electron chi connectivity index (χ1n) is 13.8. The molecule has 4 aromatic rings. The van der Waals surface area contributed by atoms with Crippen molar-refractivity contribution in [2.45, 2.75) is 51.9 Å². The van der Waals surface area contributed by atoms with E-state index in [2.05, 4.69) is 63.2 Å². The Bertz CT molecular complexity index is 1720. The van der Waals surface area contributed by atoms with Gasteiger partial charge in [0.1, 0.15) is 31.7 Å². The lowest BCUT2D eigenvalue weighted by Crippen LogP contribution is -2.42. The minimum atomic E-state index is -1.64. The molecule has 0 spiro atoms. The van der Waals surface area contributed by atoms with Crippen molar-refractivity contribution in [3.05, 3.63) is 66.4 Å². The van der Waals surface area contributed by atoms with E-state index >= 15 is 0 Å². The summed E-state index contributed by atoms with van der Waals surface area (Å²) in [6, 6.07) is 11.6. The van der Waals surface area contributed by atoms with Gasteiger partial charge in [-0.25, -0.2) is 15.0 Å². The summed E-state index contributed by atoms with van der Waals surface area (Å²) in [6.07, 6.45) is 7.81. The minimum Gasteiger partial charge on any atom is -0.457 e. The molecule has 1 aliphatic rings. The molecule has 3 heterocycles. The van der Waals surface area contributed by atoms with Crippen molar-refractivity contribution in [1.29, 1.82) is 0 Å². The zero-order chi connectivity index (χ0) is 29.0. The zero-order valence-corrected chi connectivity index (χ0v) is 25.2. The smallest absolute Gasteiger partial charge is 0.298 e. The number of aromatic nitrogens is 4. The van der Waals surface area contributed by atoms with Gasteiger partial charge in [0.25, 0.3) is 5.91 Å². The Hall–Kier alpha value is -4.60. The summed E-state index contributed by atoms with van der Waals surface area (Å²) in [6.45, 7) is 9.08. The number of anilines is 2. The lowest BCUT2D eigenvalue weighted by atomic mass is 10.0. The molecule has 9 heteroatoms. The normalized spacial score (nSPS) is 15.0. The number of carbonyl (C=O) groups is 1. The van der Waals surface area contributed by atoms with Crippen LogP contribution in [0.2, 0.25) is 19.6 Å². The first kappa shape index (κ1) is 27.9. The predicted octanol–water partition coefficient (Wildman–Crippen LogP) is 5.82. The number of aryl methyl sites for hydroxylation is 2. The van der Waals surface area contributed by atoms with Gasteiger partial charge in [-0.1, -0.05) is 31.5 Å². The number of fused-ring (bicyclic) bond motifs is 1. The number of rotatable bonds is 4. The molecule has 208 valence electrons. The monoisotopic (exact) mass is 562 g/mol. The number of amides is 1. The average Bonchev–Trinajstić information content (AvgIpc) is 3.32. The predicted molar refractivity (Wildman–Crippen MR) is 165 cm³/mol. The standard InChI is InChI=1S/C32H34N6O2Si/c1-23-18-25(10-14-30(23)40-27-12-13-29-28(19-27)35-22-37(29)2)36-32-24(20-33-21-34-32)9-11-26-8-6-7-16-38(26)31(39)15-17-41(3,4)5/h10,12-14,18-22,26H,6-8,16H2,1-5H3,(H,33,34,36). The van der Waals surface area contributed by atoms with Gasteiger partial charge in [-0.2, -0.15) is 0 Å². The van der Waals surface area contributed by atoms with Gasteiger partial charge in [0.15, 0.2) is 0 Å². The Morgan fingerprint density at radius 1 is 1.12 bits per heavy atom. The Balaban J connectivity index is 1.31. The van der Waals surface area contributed by atoms with Crippen LogP contribution in [-0.2, 0) is 11.8 Å². The molecular weight excluding hydrogens is 528 g/mol. The van der Waals surface area contributed by atoms with Crippen molar-refractivity contribution >= 4 is 36.5 Å². The van der Waals surface area contributed by atoms with Gasteiger partial charge in [0.05, 0.1) is 29.0 Å². The van der Waals surface area contributed by atoms with Crippen LogP contribution in [0.3, 0.4) is 0 Å². The van der Waals surface area contributed by atoms with Gasteiger partial charge in [0, 0.05) is 31.5 Å². The number of ether oxygens (including phenoxy) is 1. The quantitative estimate of drug-likeness (QED) is 0.249. The molecule has 0 radical (unpaired) electrons. The maximum absolute atomic E-state index is 12.9. The second kappa shape index (κ2) is 11.9. The van der Waals surface area contributed by atoms with Crippen LogP contribution in [0.4, 0.5) is 11.5 Å². The number of hydrogen-bond donors (Lipinski definition) is 1. The van der Waals surface area contributed by atoms with E-state index in [1.165, 1.54) is 6.33 Å². The minimum absolute atomic E-state index is 0.133. The van der Waals surface area contributed by atoms with E-state index in [1.54, 1.807) is 12.5 Å². The SMILES string of the molecule is Cc1cc(Nc2ncncc2C#CC2CCCCN2C(=O)C#C[Si](C)(C)C)ccc1Oc1ccc2c(c1)ncn2C. The highest BCUT2D eigenvalue weighted by Crippen LogP contribution is 2.30. The van der Waals surface area contributed by atoms with E-state index in [9.17, 15) is 4.79 Å². The highest BCUT2D eigenvalue weighted by molar-refractivity contribution is 6.84. The Kier molecular flexibility index (Phi) is 8.09. The van der Waals surface area contributed by atoms with Crippen LogP contribution in [0.1, 0.15) is 30.4 Å². The molecule has 0 saturated carbocycles. The summed E-state index contributed by atoms with van der Waals surface area (Å²) in [5.74, 6) is 11.4. The molecular formula is C32H34N6O2Si. The van der Waals surface area contributed by atoms with Crippen molar-refractivity contribution in [2.24, 2.45) is 7.05 Å². The van der Waals surface area contributed by atoms with Crippen molar-refractivity contribution in [2.75, 3.05) is 11.9 Å². The lowest BCUT2D eigenvalue weighted by Gasteiger charge is -2.31. The number of likely N-dealkylation sites (tertiary alicyclic amines) is 1. The Labute approximate surface area is 242 Å². The van der Waals surface area contributed by atoms with Gasteiger partial charge in [-0.05, 0) is 68.0 Å². The van der Waals surface area contributed by atoms with Crippen LogP contribution in [0, 0.1) is 30.2 Å². The van der Waals surface area contributed by atoms with Crippen molar-refractivity contribution in [1.82, 2.24) is 24.4 Å². The molecule has 1 N–H and O–H groups in total. The van der Waals surface area contributed by atoms with Crippen molar-refractivity contribution < 1.29 is 9.53 Å². The lowest BCUT2D eigenvalue weighted by molar-refractivity contribution is -0.127. The fraction of sp³-hybridized carbons (Fsp3) is 0.312. The number of carbonyl (C=O) groups excluding carboxylic acids is 1. The number of piperidine rings is 1. The van der Waals surface area contributed by atoms with Gasteiger partial charge < -0.3 is 19.5 Å². The van der Waals surface area contributed by atoms with Gasteiger partial charge in [-0.3, -0.25) is 4.79 Å². The molecule has 1 aliphatic heterocycles. The molecule has 2 aromatic carbocycles.